The molecule has 0 saturated carbocycles. The lowest BCUT2D eigenvalue weighted by molar-refractivity contribution is 0.397. The summed E-state index contributed by atoms with van der Waals surface area (Å²) in [6.07, 6.45) is 0. The van der Waals surface area contributed by atoms with Crippen LogP contribution in [0.3, 0.4) is 0 Å². The van der Waals surface area contributed by atoms with Gasteiger partial charge in [0, 0.05) is 17.8 Å². The molecule has 0 aliphatic heterocycles. The summed E-state index contributed by atoms with van der Waals surface area (Å²) in [6, 6.07) is 4.32. The van der Waals surface area contributed by atoms with Gasteiger partial charge in [0.05, 0.1) is 7.11 Å². The van der Waals surface area contributed by atoms with E-state index >= 15 is 0 Å². The normalized spacial score (nSPS) is 11.4. The maximum atomic E-state index is 5.46. The SMILES string of the molecule is CCNc1cc(C(C)(C)C)c(OC)cc1C. The highest BCUT2D eigenvalue weighted by Gasteiger charge is 2.20. The smallest absolute Gasteiger partial charge is 0.122 e. The minimum absolute atomic E-state index is 0.100. The summed E-state index contributed by atoms with van der Waals surface area (Å²) in [5.74, 6) is 0.978. The number of benzene rings is 1. The summed E-state index contributed by atoms with van der Waals surface area (Å²) in [5.41, 5.74) is 3.78. The van der Waals surface area contributed by atoms with Crippen LogP contribution in [-0.2, 0) is 5.41 Å². The summed E-state index contributed by atoms with van der Waals surface area (Å²) in [4.78, 5) is 0. The molecule has 1 rings (SSSR count). The van der Waals surface area contributed by atoms with Crippen molar-refractivity contribution in [3.8, 4) is 5.75 Å². The van der Waals surface area contributed by atoms with Crippen molar-refractivity contribution in [2.45, 2.75) is 40.0 Å². The zero-order valence-corrected chi connectivity index (χ0v) is 11.3. The molecule has 0 aliphatic carbocycles. The average molecular weight is 221 g/mol. The monoisotopic (exact) mass is 221 g/mol. The van der Waals surface area contributed by atoms with Gasteiger partial charge in [-0.25, -0.2) is 0 Å². The number of nitrogens with one attached hydrogen (secondary N) is 1. The molecular formula is C14H23NO. The minimum atomic E-state index is 0.100. The van der Waals surface area contributed by atoms with Gasteiger partial charge in [0.2, 0.25) is 0 Å². The van der Waals surface area contributed by atoms with Gasteiger partial charge in [0.15, 0.2) is 0 Å². The van der Waals surface area contributed by atoms with Crippen molar-refractivity contribution in [2.24, 2.45) is 0 Å². The van der Waals surface area contributed by atoms with Gasteiger partial charge in [-0.15, -0.1) is 0 Å². The van der Waals surface area contributed by atoms with E-state index in [0.717, 1.165) is 12.3 Å². The summed E-state index contributed by atoms with van der Waals surface area (Å²) in [7, 11) is 1.73. The number of hydrogen-bond acceptors (Lipinski definition) is 2. The maximum absolute atomic E-state index is 5.46. The Morgan fingerprint density at radius 3 is 2.31 bits per heavy atom. The van der Waals surface area contributed by atoms with Crippen molar-refractivity contribution in [3.63, 3.8) is 0 Å². The third-order valence-electron chi connectivity index (χ3n) is 2.72. The fraction of sp³-hybridized carbons (Fsp3) is 0.571. The lowest BCUT2D eigenvalue weighted by Crippen LogP contribution is -2.14. The van der Waals surface area contributed by atoms with Gasteiger partial charge in [-0.3, -0.25) is 0 Å². The first-order valence-corrected chi connectivity index (χ1v) is 5.83. The minimum Gasteiger partial charge on any atom is -0.496 e. The molecule has 0 fully saturated rings. The second kappa shape index (κ2) is 4.77. The summed E-state index contributed by atoms with van der Waals surface area (Å²) in [5, 5.41) is 3.38. The van der Waals surface area contributed by atoms with Gasteiger partial charge in [0.25, 0.3) is 0 Å². The van der Waals surface area contributed by atoms with Crippen molar-refractivity contribution in [1.29, 1.82) is 0 Å². The molecule has 2 heteroatoms. The fourth-order valence-corrected chi connectivity index (χ4v) is 1.82. The zero-order valence-electron chi connectivity index (χ0n) is 11.3. The van der Waals surface area contributed by atoms with Crippen LogP contribution in [0.5, 0.6) is 5.75 Å². The molecular weight excluding hydrogens is 198 g/mol. The molecule has 2 nitrogen and oxygen atoms in total. The molecule has 0 radical (unpaired) electrons. The molecule has 0 saturated heterocycles. The second-order valence-electron chi connectivity index (χ2n) is 5.15. The van der Waals surface area contributed by atoms with Crippen molar-refractivity contribution < 1.29 is 4.74 Å². The summed E-state index contributed by atoms with van der Waals surface area (Å²) < 4.78 is 5.46. The number of aryl methyl sites for hydroxylation is 1. The number of methoxy groups -OCH3 is 1. The van der Waals surface area contributed by atoms with E-state index < -0.39 is 0 Å². The summed E-state index contributed by atoms with van der Waals surface area (Å²) in [6.45, 7) is 11.8. The third kappa shape index (κ3) is 2.69. The van der Waals surface area contributed by atoms with E-state index in [1.807, 2.05) is 0 Å². The molecule has 1 N–H and O–H groups in total. The van der Waals surface area contributed by atoms with E-state index in [2.05, 4.69) is 52.1 Å². The molecule has 0 aromatic heterocycles. The average Bonchev–Trinajstić information content (AvgIpc) is 2.19. The fourth-order valence-electron chi connectivity index (χ4n) is 1.82. The molecule has 1 aromatic rings. The Kier molecular flexibility index (Phi) is 3.84. The van der Waals surface area contributed by atoms with E-state index in [0.29, 0.717) is 0 Å². The van der Waals surface area contributed by atoms with Crippen LogP contribution in [0.2, 0.25) is 0 Å². The highest BCUT2D eigenvalue weighted by molar-refractivity contribution is 5.58. The number of rotatable bonds is 3. The van der Waals surface area contributed by atoms with Gasteiger partial charge in [-0.1, -0.05) is 20.8 Å². The van der Waals surface area contributed by atoms with Gasteiger partial charge >= 0.3 is 0 Å². The van der Waals surface area contributed by atoms with Gasteiger partial charge in [-0.2, -0.15) is 0 Å². The largest absolute Gasteiger partial charge is 0.496 e. The molecule has 0 amide bonds. The lowest BCUT2D eigenvalue weighted by atomic mass is 9.85. The topological polar surface area (TPSA) is 21.3 Å². The van der Waals surface area contributed by atoms with Crippen LogP contribution in [0.15, 0.2) is 12.1 Å². The Hall–Kier alpha value is -1.18. The van der Waals surface area contributed by atoms with Crippen molar-refractivity contribution in [2.75, 3.05) is 19.0 Å². The van der Waals surface area contributed by atoms with Crippen molar-refractivity contribution >= 4 is 5.69 Å². The Balaban J connectivity index is 3.29. The van der Waals surface area contributed by atoms with Crippen LogP contribution in [0.25, 0.3) is 0 Å². The molecule has 16 heavy (non-hydrogen) atoms. The van der Waals surface area contributed by atoms with Gasteiger partial charge < -0.3 is 10.1 Å². The molecule has 0 unspecified atom stereocenters. The third-order valence-corrected chi connectivity index (χ3v) is 2.72. The van der Waals surface area contributed by atoms with Crippen LogP contribution in [0.1, 0.15) is 38.8 Å². The highest BCUT2D eigenvalue weighted by atomic mass is 16.5. The molecule has 0 atom stereocenters. The number of anilines is 1. The number of hydrogen-bond donors (Lipinski definition) is 1. The molecule has 90 valence electrons. The Morgan fingerprint density at radius 2 is 1.88 bits per heavy atom. The summed E-state index contributed by atoms with van der Waals surface area (Å²) >= 11 is 0. The Bertz CT molecular complexity index is 364. The predicted octanol–water partition coefficient (Wildman–Crippen LogP) is 3.73. The molecule has 0 bridgehead atoms. The number of ether oxygens (including phenoxy) is 1. The zero-order chi connectivity index (χ0) is 12.3. The van der Waals surface area contributed by atoms with E-state index in [-0.39, 0.29) is 5.41 Å². The van der Waals surface area contributed by atoms with Gasteiger partial charge in [0.1, 0.15) is 5.75 Å². The van der Waals surface area contributed by atoms with Crippen LogP contribution < -0.4 is 10.1 Å². The molecule has 1 aromatic carbocycles. The van der Waals surface area contributed by atoms with E-state index in [9.17, 15) is 0 Å². The lowest BCUT2D eigenvalue weighted by Gasteiger charge is -2.24. The van der Waals surface area contributed by atoms with E-state index in [4.69, 9.17) is 4.74 Å². The molecule has 0 spiro atoms. The van der Waals surface area contributed by atoms with Crippen LogP contribution in [-0.4, -0.2) is 13.7 Å². The first kappa shape index (κ1) is 12.9. The van der Waals surface area contributed by atoms with Crippen LogP contribution in [0.4, 0.5) is 5.69 Å². The first-order valence-electron chi connectivity index (χ1n) is 5.83. The first-order chi connectivity index (χ1) is 7.40. The van der Waals surface area contributed by atoms with Crippen LogP contribution in [0, 0.1) is 6.92 Å². The molecule has 0 aliphatic rings. The van der Waals surface area contributed by atoms with Crippen molar-refractivity contribution in [3.05, 3.63) is 23.3 Å². The van der Waals surface area contributed by atoms with Gasteiger partial charge in [-0.05, 0) is 37.0 Å². The van der Waals surface area contributed by atoms with Crippen LogP contribution >= 0.6 is 0 Å². The Morgan fingerprint density at radius 1 is 1.25 bits per heavy atom. The maximum Gasteiger partial charge on any atom is 0.122 e. The predicted molar refractivity (Wildman–Crippen MR) is 70.6 cm³/mol. The van der Waals surface area contributed by atoms with Crippen molar-refractivity contribution in [1.82, 2.24) is 0 Å². The second-order valence-corrected chi connectivity index (χ2v) is 5.15. The highest BCUT2D eigenvalue weighted by Crippen LogP contribution is 2.35. The quantitative estimate of drug-likeness (QED) is 0.839. The van der Waals surface area contributed by atoms with E-state index in [1.165, 1.54) is 16.8 Å². The standard InChI is InChI=1S/C14H23NO/c1-7-15-12-9-11(14(3,4)5)13(16-6)8-10(12)2/h8-9,15H,7H2,1-6H3. The molecule has 0 heterocycles. The Labute approximate surface area is 99.0 Å². The van der Waals surface area contributed by atoms with E-state index in [1.54, 1.807) is 7.11 Å².